The molecule has 0 bridgehead atoms. The molecule has 1 atom stereocenters. The molecular formula is C13H19Br. The molecule has 0 aliphatic carbocycles. The minimum atomic E-state index is 0.632. The fourth-order valence-corrected chi connectivity index (χ4v) is 2.48. The summed E-state index contributed by atoms with van der Waals surface area (Å²) in [6, 6.07) is 6.71. The van der Waals surface area contributed by atoms with Crippen LogP contribution in [0.25, 0.3) is 0 Å². The number of hydrogen-bond donors (Lipinski definition) is 0. The molecule has 0 aliphatic heterocycles. The van der Waals surface area contributed by atoms with Crippen molar-refractivity contribution < 1.29 is 0 Å². The monoisotopic (exact) mass is 254 g/mol. The van der Waals surface area contributed by atoms with Crippen LogP contribution in [0.1, 0.15) is 36.5 Å². The van der Waals surface area contributed by atoms with Crippen LogP contribution in [0.2, 0.25) is 0 Å². The van der Waals surface area contributed by atoms with Crippen LogP contribution in [0.4, 0.5) is 0 Å². The lowest BCUT2D eigenvalue weighted by Crippen LogP contribution is -2.03. The van der Waals surface area contributed by atoms with Crippen molar-refractivity contribution in [1.29, 1.82) is 0 Å². The molecule has 0 aromatic heterocycles. The van der Waals surface area contributed by atoms with E-state index in [4.69, 9.17) is 0 Å². The van der Waals surface area contributed by atoms with Crippen molar-refractivity contribution in [3.63, 3.8) is 0 Å². The quantitative estimate of drug-likeness (QED) is 0.699. The third-order valence-electron chi connectivity index (χ3n) is 2.55. The topological polar surface area (TPSA) is 0 Å². The smallest absolute Gasteiger partial charge is 0.0186 e. The Balaban J connectivity index is 2.70. The molecule has 0 radical (unpaired) electrons. The van der Waals surface area contributed by atoms with E-state index in [9.17, 15) is 0 Å². The average molecular weight is 255 g/mol. The molecule has 1 aromatic rings. The Labute approximate surface area is 95.9 Å². The van der Waals surface area contributed by atoms with Crippen molar-refractivity contribution in [2.75, 3.05) is 0 Å². The molecule has 78 valence electrons. The third kappa shape index (κ3) is 3.45. The summed E-state index contributed by atoms with van der Waals surface area (Å²) in [5.41, 5.74) is 4.26. The van der Waals surface area contributed by atoms with E-state index in [-0.39, 0.29) is 0 Å². The first-order valence-electron chi connectivity index (χ1n) is 5.33. The summed E-state index contributed by atoms with van der Waals surface area (Å²) in [7, 11) is 0. The standard InChI is InChI=1S/C13H19Br/c1-4-5-13(14)9-12-8-10(2)6-7-11(12)3/h6-8,13H,4-5,9H2,1-3H3. The van der Waals surface area contributed by atoms with E-state index in [1.165, 1.54) is 29.5 Å². The number of hydrogen-bond acceptors (Lipinski definition) is 0. The maximum Gasteiger partial charge on any atom is 0.0186 e. The van der Waals surface area contributed by atoms with Crippen LogP contribution in [0.15, 0.2) is 18.2 Å². The second-order valence-electron chi connectivity index (χ2n) is 4.02. The molecule has 0 nitrogen and oxygen atoms in total. The maximum absolute atomic E-state index is 3.73. The van der Waals surface area contributed by atoms with Crippen LogP contribution in [-0.2, 0) is 6.42 Å². The van der Waals surface area contributed by atoms with Crippen LogP contribution >= 0.6 is 15.9 Å². The van der Waals surface area contributed by atoms with Crippen molar-refractivity contribution in [3.05, 3.63) is 34.9 Å². The Hall–Kier alpha value is -0.300. The summed E-state index contributed by atoms with van der Waals surface area (Å²) in [6.45, 7) is 6.59. The highest BCUT2D eigenvalue weighted by atomic mass is 79.9. The minimum absolute atomic E-state index is 0.632. The van der Waals surface area contributed by atoms with Gasteiger partial charge in [0.1, 0.15) is 0 Å². The van der Waals surface area contributed by atoms with E-state index in [1.807, 2.05) is 0 Å². The van der Waals surface area contributed by atoms with Crippen molar-refractivity contribution in [2.24, 2.45) is 0 Å². The zero-order valence-electron chi connectivity index (χ0n) is 9.31. The zero-order valence-corrected chi connectivity index (χ0v) is 10.9. The summed E-state index contributed by atoms with van der Waals surface area (Å²) in [6.07, 6.45) is 3.66. The molecule has 0 aliphatic rings. The van der Waals surface area contributed by atoms with Gasteiger partial charge in [-0.1, -0.05) is 53.0 Å². The van der Waals surface area contributed by atoms with Crippen molar-refractivity contribution in [1.82, 2.24) is 0 Å². The van der Waals surface area contributed by atoms with E-state index in [0.29, 0.717) is 4.83 Å². The zero-order chi connectivity index (χ0) is 10.6. The molecule has 0 spiro atoms. The van der Waals surface area contributed by atoms with Gasteiger partial charge in [0.2, 0.25) is 0 Å². The van der Waals surface area contributed by atoms with Gasteiger partial charge in [0.05, 0.1) is 0 Å². The fraction of sp³-hybridized carbons (Fsp3) is 0.538. The Morgan fingerprint density at radius 1 is 1.29 bits per heavy atom. The summed E-state index contributed by atoms with van der Waals surface area (Å²) >= 11 is 3.73. The molecule has 1 heteroatoms. The first-order chi connectivity index (χ1) is 6.63. The van der Waals surface area contributed by atoms with Gasteiger partial charge in [-0.15, -0.1) is 0 Å². The van der Waals surface area contributed by atoms with Gasteiger partial charge >= 0.3 is 0 Å². The normalized spacial score (nSPS) is 12.9. The van der Waals surface area contributed by atoms with Crippen LogP contribution in [0.5, 0.6) is 0 Å². The molecule has 0 heterocycles. The van der Waals surface area contributed by atoms with Crippen molar-refractivity contribution >= 4 is 15.9 Å². The molecule has 14 heavy (non-hydrogen) atoms. The van der Waals surface area contributed by atoms with Gasteiger partial charge in [-0.05, 0) is 37.8 Å². The third-order valence-corrected chi connectivity index (χ3v) is 3.33. The predicted octanol–water partition coefficient (Wildman–Crippen LogP) is 4.41. The summed E-state index contributed by atoms with van der Waals surface area (Å²) in [5, 5.41) is 0. The molecule has 0 amide bonds. The second-order valence-corrected chi connectivity index (χ2v) is 5.31. The van der Waals surface area contributed by atoms with E-state index in [1.54, 1.807) is 0 Å². The van der Waals surface area contributed by atoms with Gasteiger partial charge in [0.25, 0.3) is 0 Å². The Bertz CT molecular complexity index is 291. The predicted molar refractivity (Wildman–Crippen MR) is 67.2 cm³/mol. The lowest BCUT2D eigenvalue weighted by molar-refractivity contribution is 0.742. The van der Waals surface area contributed by atoms with E-state index in [0.717, 1.165) is 6.42 Å². The molecule has 0 N–H and O–H groups in total. The van der Waals surface area contributed by atoms with E-state index >= 15 is 0 Å². The molecule has 0 fully saturated rings. The molecule has 1 rings (SSSR count). The highest BCUT2D eigenvalue weighted by molar-refractivity contribution is 9.09. The Morgan fingerprint density at radius 3 is 2.64 bits per heavy atom. The molecule has 0 saturated heterocycles. The first kappa shape index (κ1) is 11.8. The van der Waals surface area contributed by atoms with Crippen LogP contribution in [0, 0.1) is 13.8 Å². The lowest BCUT2D eigenvalue weighted by Gasteiger charge is -2.11. The summed E-state index contributed by atoms with van der Waals surface area (Å²) in [4.78, 5) is 0.632. The van der Waals surface area contributed by atoms with Gasteiger partial charge < -0.3 is 0 Å². The summed E-state index contributed by atoms with van der Waals surface area (Å²) in [5.74, 6) is 0. The number of halogens is 1. The highest BCUT2D eigenvalue weighted by Crippen LogP contribution is 2.18. The van der Waals surface area contributed by atoms with Crippen LogP contribution in [0.3, 0.4) is 0 Å². The van der Waals surface area contributed by atoms with Gasteiger partial charge in [0.15, 0.2) is 0 Å². The number of rotatable bonds is 4. The fourth-order valence-electron chi connectivity index (χ4n) is 1.67. The number of benzene rings is 1. The lowest BCUT2D eigenvalue weighted by atomic mass is 10.0. The van der Waals surface area contributed by atoms with Gasteiger partial charge in [0, 0.05) is 4.83 Å². The number of alkyl halides is 1. The van der Waals surface area contributed by atoms with Crippen LogP contribution < -0.4 is 0 Å². The first-order valence-corrected chi connectivity index (χ1v) is 6.25. The van der Waals surface area contributed by atoms with Gasteiger partial charge in [-0.3, -0.25) is 0 Å². The van der Waals surface area contributed by atoms with Gasteiger partial charge in [-0.25, -0.2) is 0 Å². The summed E-state index contributed by atoms with van der Waals surface area (Å²) < 4.78 is 0. The molecular weight excluding hydrogens is 236 g/mol. The highest BCUT2D eigenvalue weighted by Gasteiger charge is 2.06. The second kappa shape index (κ2) is 5.55. The Morgan fingerprint density at radius 2 is 2.00 bits per heavy atom. The SMILES string of the molecule is CCCC(Br)Cc1cc(C)ccc1C. The van der Waals surface area contributed by atoms with E-state index in [2.05, 4.69) is 54.9 Å². The van der Waals surface area contributed by atoms with E-state index < -0.39 is 0 Å². The Kier molecular flexibility index (Phi) is 4.67. The van der Waals surface area contributed by atoms with Crippen molar-refractivity contribution in [2.45, 2.75) is 44.9 Å². The maximum atomic E-state index is 3.73. The molecule has 1 aromatic carbocycles. The average Bonchev–Trinajstić information content (AvgIpc) is 2.12. The molecule has 0 saturated carbocycles. The minimum Gasteiger partial charge on any atom is -0.0887 e. The van der Waals surface area contributed by atoms with Crippen molar-refractivity contribution in [3.8, 4) is 0 Å². The molecule has 1 unspecified atom stereocenters. The van der Waals surface area contributed by atoms with Crippen LogP contribution in [-0.4, -0.2) is 4.83 Å². The largest absolute Gasteiger partial charge is 0.0887 e. The number of aryl methyl sites for hydroxylation is 2. The van der Waals surface area contributed by atoms with Gasteiger partial charge in [-0.2, -0.15) is 0 Å².